The van der Waals surface area contributed by atoms with Gasteiger partial charge in [-0.2, -0.15) is 0 Å². The lowest BCUT2D eigenvalue weighted by atomic mass is 10.2. The van der Waals surface area contributed by atoms with Crippen LogP contribution in [0.15, 0.2) is 24.3 Å². The van der Waals surface area contributed by atoms with Gasteiger partial charge in [-0.1, -0.05) is 18.2 Å². The lowest BCUT2D eigenvalue weighted by Gasteiger charge is -2.17. The van der Waals surface area contributed by atoms with Gasteiger partial charge in [-0.25, -0.2) is 0 Å². The lowest BCUT2D eigenvalue weighted by Crippen LogP contribution is -2.29. The van der Waals surface area contributed by atoms with Crippen LogP contribution >= 0.6 is 0 Å². The number of carbonyl (C=O) groups is 1. The Bertz CT molecular complexity index is 407. The molecule has 1 rings (SSSR count). The van der Waals surface area contributed by atoms with Gasteiger partial charge >= 0.3 is 0 Å². The number of hydrogen-bond donors (Lipinski definition) is 1. The summed E-state index contributed by atoms with van der Waals surface area (Å²) in [4.78, 5) is 13.6. The first-order chi connectivity index (χ1) is 9.65. The zero-order valence-corrected chi connectivity index (χ0v) is 12.8. The third-order valence-electron chi connectivity index (χ3n) is 3.23. The van der Waals surface area contributed by atoms with Crippen molar-refractivity contribution >= 4 is 5.91 Å². The van der Waals surface area contributed by atoms with E-state index in [0.717, 1.165) is 37.2 Å². The molecule has 0 bridgehead atoms. The van der Waals surface area contributed by atoms with E-state index in [2.05, 4.69) is 5.32 Å². The van der Waals surface area contributed by atoms with E-state index < -0.39 is 0 Å². The van der Waals surface area contributed by atoms with Gasteiger partial charge in [0.1, 0.15) is 5.75 Å². The minimum atomic E-state index is 0.205. The fraction of sp³-hybridized carbons (Fsp3) is 0.562. The molecule has 0 aliphatic heterocycles. The van der Waals surface area contributed by atoms with E-state index in [9.17, 15) is 4.79 Å². The summed E-state index contributed by atoms with van der Waals surface area (Å²) in [6.45, 7) is 4.30. The van der Waals surface area contributed by atoms with Gasteiger partial charge in [0.05, 0.1) is 6.61 Å². The van der Waals surface area contributed by atoms with Gasteiger partial charge < -0.3 is 15.0 Å². The quantitative estimate of drug-likeness (QED) is 0.704. The van der Waals surface area contributed by atoms with Crippen molar-refractivity contribution in [2.45, 2.75) is 26.2 Å². The first-order valence-electron chi connectivity index (χ1n) is 7.22. The van der Waals surface area contributed by atoms with Crippen molar-refractivity contribution in [2.24, 2.45) is 0 Å². The highest BCUT2D eigenvalue weighted by molar-refractivity contribution is 5.75. The number of nitrogens with one attached hydrogen (secondary N) is 1. The van der Waals surface area contributed by atoms with Crippen LogP contribution in [0.1, 0.15) is 24.8 Å². The van der Waals surface area contributed by atoms with Crippen LogP contribution in [0, 0.1) is 6.92 Å². The van der Waals surface area contributed by atoms with Crippen LogP contribution in [0.2, 0.25) is 0 Å². The van der Waals surface area contributed by atoms with E-state index in [1.54, 1.807) is 4.90 Å². The third-order valence-corrected chi connectivity index (χ3v) is 3.23. The van der Waals surface area contributed by atoms with Crippen molar-refractivity contribution in [3.8, 4) is 5.75 Å². The van der Waals surface area contributed by atoms with Crippen LogP contribution < -0.4 is 10.1 Å². The van der Waals surface area contributed by atoms with Crippen molar-refractivity contribution in [2.75, 3.05) is 33.8 Å². The first kappa shape index (κ1) is 16.5. The summed E-state index contributed by atoms with van der Waals surface area (Å²) in [6.07, 6.45) is 2.35. The summed E-state index contributed by atoms with van der Waals surface area (Å²) >= 11 is 0. The molecular weight excluding hydrogens is 252 g/mol. The van der Waals surface area contributed by atoms with Gasteiger partial charge in [0.25, 0.3) is 0 Å². The summed E-state index contributed by atoms with van der Waals surface area (Å²) in [7, 11) is 3.76. The Kier molecular flexibility index (Phi) is 7.73. The number of ether oxygens (including phenoxy) is 1. The highest BCUT2D eigenvalue weighted by Gasteiger charge is 2.07. The molecule has 1 aromatic rings. The third kappa shape index (κ3) is 6.06. The summed E-state index contributed by atoms with van der Waals surface area (Å²) in [5, 5.41) is 3.05. The lowest BCUT2D eigenvalue weighted by molar-refractivity contribution is -0.130. The van der Waals surface area contributed by atoms with Crippen LogP contribution in [-0.4, -0.2) is 44.6 Å². The molecule has 0 aromatic heterocycles. The molecule has 20 heavy (non-hydrogen) atoms. The van der Waals surface area contributed by atoms with Crippen molar-refractivity contribution in [3.63, 3.8) is 0 Å². The first-order valence-corrected chi connectivity index (χ1v) is 7.22. The van der Waals surface area contributed by atoms with Crippen LogP contribution in [0.4, 0.5) is 0 Å². The van der Waals surface area contributed by atoms with Gasteiger partial charge in [0.2, 0.25) is 5.91 Å². The average molecular weight is 278 g/mol. The van der Waals surface area contributed by atoms with E-state index in [1.165, 1.54) is 0 Å². The minimum absolute atomic E-state index is 0.205. The van der Waals surface area contributed by atoms with Crippen molar-refractivity contribution < 1.29 is 9.53 Å². The van der Waals surface area contributed by atoms with Gasteiger partial charge in [0, 0.05) is 20.0 Å². The highest BCUT2D eigenvalue weighted by Crippen LogP contribution is 2.16. The smallest absolute Gasteiger partial charge is 0.222 e. The molecule has 1 N–H and O–H groups in total. The molecule has 4 heteroatoms. The van der Waals surface area contributed by atoms with E-state index in [1.807, 2.05) is 45.3 Å². The molecule has 0 saturated heterocycles. The van der Waals surface area contributed by atoms with Crippen LogP contribution in [0.5, 0.6) is 5.75 Å². The maximum Gasteiger partial charge on any atom is 0.222 e. The summed E-state index contributed by atoms with van der Waals surface area (Å²) in [6, 6.07) is 7.98. The molecule has 0 saturated carbocycles. The molecule has 0 atom stereocenters. The Hall–Kier alpha value is -1.55. The molecular formula is C16H26N2O2. The number of para-hydroxylation sites is 1. The summed E-state index contributed by atoms with van der Waals surface area (Å²) in [5.74, 6) is 1.13. The second-order valence-corrected chi connectivity index (χ2v) is 4.99. The van der Waals surface area contributed by atoms with Crippen molar-refractivity contribution in [1.82, 2.24) is 10.2 Å². The van der Waals surface area contributed by atoms with Gasteiger partial charge in [-0.05, 0) is 45.0 Å². The molecule has 0 radical (unpaired) electrons. The fourth-order valence-corrected chi connectivity index (χ4v) is 1.93. The van der Waals surface area contributed by atoms with Gasteiger partial charge in [0.15, 0.2) is 0 Å². The summed E-state index contributed by atoms with van der Waals surface area (Å²) in [5.41, 5.74) is 1.14. The molecule has 4 nitrogen and oxygen atoms in total. The minimum Gasteiger partial charge on any atom is -0.493 e. The zero-order valence-electron chi connectivity index (χ0n) is 12.8. The largest absolute Gasteiger partial charge is 0.493 e. The van der Waals surface area contributed by atoms with Gasteiger partial charge in [-0.15, -0.1) is 0 Å². The number of nitrogens with zero attached hydrogens (tertiary/aromatic N) is 1. The molecule has 0 spiro atoms. The number of benzene rings is 1. The Labute approximate surface area is 122 Å². The normalized spacial score (nSPS) is 10.3. The maximum absolute atomic E-state index is 11.8. The number of rotatable bonds is 9. The second kappa shape index (κ2) is 9.37. The molecule has 0 aliphatic rings. The molecule has 1 aromatic carbocycles. The van der Waals surface area contributed by atoms with Crippen LogP contribution in [-0.2, 0) is 4.79 Å². The highest BCUT2D eigenvalue weighted by atomic mass is 16.5. The molecule has 0 unspecified atom stereocenters. The summed E-state index contributed by atoms with van der Waals surface area (Å²) < 4.78 is 5.72. The molecule has 1 amide bonds. The fourth-order valence-electron chi connectivity index (χ4n) is 1.93. The van der Waals surface area contributed by atoms with Crippen LogP contribution in [0.3, 0.4) is 0 Å². The van der Waals surface area contributed by atoms with E-state index in [4.69, 9.17) is 4.74 Å². The maximum atomic E-state index is 11.8. The van der Waals surface area contributed by atoms with Gasteiger partial charge in [-0.3, -0.25) is 4.79 Å². The molecule has 0 fully saturated rings. The Morgan fingerprint density at radius 2 is 2.05 bits per heavy atom. The Morgan fingerprint density at radius 1 is 1.30 bits per heavy atom. The number of aryl methyl sites for hydroxylation is 1. The number of hydrogen-bond acceptors (Lipinski definition) is 3. The monoisotopic (exact) mass is 278 g/mol. The molecule has 112 valence electrons. The number of carbonyl (C=O) groups excluding carboxylic acids is 1. The van der Waals surface area contributed by atoms with Crippen molar-refractivity contribution in [3.05, 3.63) is 29.8 Å². The molecule has 0 aliphatic carbocycles. The topological polar surface area (TPSA) is 41.6 Å². The molecule has 0 heterocycles. The van der Waals surface area contributed by atoms with Crippen molar-refractivity contribution in [1.29, 1.82) is 0 Å². The van der Waals surface area contributed by atoms with E-state index in [-0.39, 0.29) is 5.91 Å². The average Bonchev–Trinajstić information content (AvgIpc) is 2.45. The predicted octanol–water partition coefficient (Wildman–Crippen LogP) is 2.22. The SMILES string of the molecule is CNCCCC(=O)N(C)CCCOc1ccccc1C. The second-order valence-electron chi connectivity index (χ2n) is 4.99. The number of amides is 1. The zero-order chi connectivity index (χ0) is 14.8. The van der Waals surface area contributed by atoms with E-state index in [0.29, 0.717) is 13.0 Å². The Balaban J connectivity index is 2.17. The van der Waals surface area contributed by atoms with Crippen LogP contribution in [0.25, 0.3) is 0 Å². The van der Waals surface area contributed by atoms with E-state index >= 15 is 0 Å². The standard InChI is InChI=1S/C16H26N2O2/c1-14-8-4-5-9-15(14)20-13-7-12-18(3)16(19)10-6-11-17-2/h4-5,8-9,17H,6-7,10-13H2,1-3H3. The Morgan fingerprint density at radius 3 is 2.75 bits per heavy atom. The predicted molar refractivity (Wildman–Crippen MR) is 82.1 cm³/mol.